The Bertz CT molecular complexity index is 564. The number of fused-ring (bicyclic) bond motifs is 2. The third kappa shape index (κ3) is 3.43. The van der Waals surface area contributed by atoms with E-state index in [1.54, 1.807) is 6.08 Å². The van der Waals surface area contributed by atoms with Crippen LogP contribution < -0.4 is 5.32 Å². The molecular weight excluding hydrogens is 270 g/mol. The molecule has 3 atom stereocenters. The predicted octanol–water partition coefficient (Wildman–Crippen LogP) is 4.30. The quantitative estimate of drug-likeness (QED) is 0.828. The number of nitrogens with one attached hydrogen (secondary N) is 1. The second kappa shape index (κ2) is 5.91. The molecule has 0 aromatic heterocycles. The molecule has 22 heavy (non-hydrogen) atoms. The summed E-state index contributed by atoms with van der Waals surface area (Å²) in [5.41, 5.74) is 2.56. The summed E-state index contributed by atoms with van der Waals surface area (Å²) in [6.07, 6.45) is 8.76. The Morgan fingerprint density at radius 3 is 2.41 bits per heavy atom. The third-order valence-corrected chi connectivity index (χ3v) is 5.27. The normalized spacial score (nSPS) is 27.5. The molecule has 2 nitrogen and oxygen atoms in total. The molecule has 1 aromatic rings. The molecule has 1 N–H and O–H groups in total. The third-order valence-electron chi connectivity index (χ3n) is 5.27. The molecule has 1 aromatic carbocycles. The molecule has 2 saturated carbocycles. The molecule has 0 radical (unpaired) electrons. The first-order valence-electron chi connectivity index (χ1n) is 8.51. The van der Waals surface area contributed by atoms with E-state index in [9.17, 15) is 4.79 Å². The zero-order valence-corrected chi connectivity index (χ0v) is 13.9. The number of benzene rings is 1. The molecule has 118 valence electrons. The maximum Gasteiger partial charge on any atom is 0.244 e. The monoisotopic (exact) mass is 297 g/mol. The Hall–Kier alpha value is -1.57. The molecule has 2 fully saturated rings. The van der Waals surface area contributed by atoms with Crippen LogP contribution in [0.5, 0.6) is 0 Å². The van der Waals surface area contributed by atoms with Crippen molar-refractivity contribution in [3.05, 3.63) is 41.5 Å². The van der Waals surface area contributed by atoms with Gasteiger partial charge in [0.25, 0.3) is 0 Å². The first-order valence-corrected chi connectivity index (χ1v) is 8.51. The Labute approximate surface area is 134 Å². The number of carbonyl (C=O) groups excluding carboxylic acids is 1. The van der Waals surface area contributed by atoms with E-state index in [0.29, 0.717) is 6.04 Å². The highest BCUT2D eigenvalue weighted by molar-refractivity contribution is 5.91. The molecule has 0 spiro atoms. The van der Waals surface area contributed by atoms with Crippen molar-refractivity contribution >= 4 is 12.0 Å². The first kappa shape index (κ1) is 15.3. The molecule has 0 saturated heterocycles. The van der Waals surface area contributed by atoms with Crippen LogP contribution in [0.2, 0.25) is 0 Å². The summed E-state index contributed by atoms with van der Waals surface area (Å²) >= 11 is 0. The maximum absolute atomic E-state index is 12.1. The average Bonchev–Trinajstić information content (AvgIpc) is 3.07. The molecule has 2 aliphatic carbocycles. The Balaban J connectivity index is 1.56. The van der Waals surface area contributed by atoms with Crippen LogP contribution in [0.25, 0.3) is 6.08 Å². The van der Waals surface area contributed by atoms with Gasteiger partial charge >= 0.3 is 0 Å². The number of hydrogen-bond acceptors (Lipinski definition) is 1. The van der Waals surface area contributed by atoms with Crippen LogP contribution in [-0.4, -0.2) is 11.9 Å². The minimum atomic E-state index is 0.0532. The number of rotatable bonds is 3. The van der Waals surface area contributed by atoms with Crippen molar-refractivity contribution in [3.63, 3.8) is 0 Å². The Morgan fingerprint density at radius 2 is 1.86 bits per heavy atom. The van der Waals surface area contributed by atoms with Crippen molar-refractivity contribution in [1.29, 1.82) is 0 Å². The van der Waals surface area contributed by atoms with Crippen LogP contribution >= 0.6 is 0 Å². The van der Waals surface area contributed by atoms with Crippen molar-refractivity contribution < 1.29 is 4.79 Å². The standard InChI is InChI=1S/C20H27NO/c1-20(2,3)17-9-5-14(6-10-17)7-11-19(22)21-18-13-15-4-8-16(18)12-15/h5-7,9-11,15-16,18H,4,8,12-13H2,1-3H3,(H,21,22)/b11-7+/t15-,16-,18+/m1/s1. The van der Waals surface area contributed by atoms with Crippen LogP contribution in [0, 0.1) is 11.8 Å². The van der Waals surface area contributed by atoms with Crippen LogP contribution in [0.3, 0.4) is 0 Å². The molecular formula is C20H27NO. The van der Waals surface area contributed by atoms with Gasteiger partial charge in [-0.05, 0) is 53.7 Å². The maximum atomic E-state index is 12.1. The van der Waals surface area contributed by atoms with Crippen molar-refractivity contribution in [2.24, 2.45) is 11.8 Å². The molecule has 2 bridgehead atoms. The topological polar surface area (TPSA) is 29.1 Å². The second-order valence-electron chi connectivity index (χ2n) is 8.00. The summed E-state index contributed by atoms with van der Waals surface area (Å²) < 4.78 is 0. The summed E-state index contributed by atoms with van der Waals surface area (Å²) in [5.74, 6) is 1.65. The highest BCUT2D eigenvalue weighted by Crippen LogP contribution is 2.44. The molecule has 0 heterocycles. The van der Waals surface area contributed by atoms with Gasteiger partial charge in [-0.3, -0.25) is 4.79 Å². The van der Waals surface area contributed by atoms with Gasteiger partial charge in [0.05, 0.1) is 0 Å². The second-order valence-corrected chi connectivity index (χ2v) is 8.00. The summed E-state index contributed by atoms with van der Waals surface area (Å²) in [6.45, 7) is 6.63. The summed E-state index contributed by atoms with van der Waals surface area (Å²) in [7, 11) is 0. The minimum absolute atomic E-state index is 0.0532. The van der Waals surface area contributed by atoms with Gasteiger partial charge < -0.3 is 5.32 Å². The van der Waals surface area contributed by atoms with E-state index in [1.165, 1.54) is 31.2 Å². The van der Waals surface area contributed by atoms with Crippen LogP contribution in [0.15, 0.2) is 30.3 Å². The van der Waals surface area contributed by atoms with Gasteiger partial charge in [0.2, 0.25) is 5.91 Å². The fourth-order valence-corrected chi connectivity index (χ4v) is 3.92. The highest BCUT2D eigenvalue weighted by atomic mass is 16.1. The first-order chi connectivity index (χ1) is 10.4. The van der Waals surface area contributed by atoms with E-state index in [-0.39, 0.29) is 11.3 Å². The van der Waals surface area contributed by atoms with E-state index in [1.807, 2.05) is 6.08 Å². The number of hydrogen-bond donors (Lipinski definition) is 1. The van der Waals surface area contributed by atoms with Gasteiger partial charge in [-0.25, -0.2) is 0 Å². The SMILES string of the molecule is CC(C)(C)c1ccc(/C=C/C(=O)N[C@H]2C[C@@H]3CC[C@@H]2C3)cc1. The molecule has 0 unspecified atom stereocenters. The van der Waals surface area contributed by atoms with Gasteiger partial charge in [-0.15, -0.1) is 0 Å². The summed E-state index contributed by atoms with van der Waals surface area (Å²) in [5, 5.41) is 3.19. The van der Waals surface area contributed by atoms with Gasteiger partial charge in [0.1, 0.15) is 0 Å². The molecule has 0 aliphatic heterocycles. The van der Waals surface area contributed by atoms with Gasteiger partial charge in [0, 0.05) is 12.1 Å². The van der Waals surface area contributed by atoms with E-state index in [0.717, 1.165) is 17.4 Å². The number of carbonyl (C=O) groups is 1. The van der Waals surface area contributed by atoms with Crippen LogP contribution in [0.4, 0.5) is 0 Å². The zero-order valence-electron chi connectivity index (χ0n) is 13.9. The lowest BCUT2D eigenvalue weighted by atomic mass is 9.87. The van der Waals surface area contributed by atoms with E-state index < -0.39 is 0 Å². The largest absolute Gasteiger partial charge is 0.350 e. The molecule has 2 heteroatoms. The lowest BCUT2D eigenvalue weighted by Crippen LogP contribution is -2.37. The smallest absolute Gasteiger partial charge is 0.244 e. The Morgan fingerprint density at radius 1 is 1.14 bits per heavy atom. The van der Waals surface area contributed by atoms with Crippen molar-refractivity contribution in [3.8, 4) is 0 Å². The van der Waals surface area contributed by atoms with Crippen molar-refractivity contribution in [2.75, 3.05) is 0 Å². The molecule has 2 aliphatic rings. The molecule has 1 amide bonds. The van der Waals surface area contributed by atoms with Gasteiger partial charge in [0.15, 0.2) is 0 Å². The van der Waals surface area contributed by atoms with Crippen LogP contribution in [-0.2, 0) is 10.2 Å². The van der Waals surface area contributed by atoms with Crippen LogP contribution in [0.1, 0.15) is 57.6 Å². The fraction of sp³-hybridized carbons (Fsp3) is 0.550. The van der Waals surface area contributed by atoms with E-state index >= 15 is 0 Å². The molecule has 3 rings (SSSR count). The highest BCUT2D eigenvalue weighted by Gasteiger charge is 2.39. The van der Waals surface area contributed by atoms with Gasteiger partial charge in [-0.1, -0.05) is 51.5 Å². The van der Waals surface area contributed by atoms with E-state index in [2.05, 4.69) is 50.4 Å². The number of amides is 1. The van der Waals surface area contributed by atoms with Crippen molar-refractivity contribution in [1.82, 2.24) is 5.32 Å². The summed E-state index contributed by atoms with van der Waals surface area (Å²) in [6, 6.07) is 8.88. The average molecular weight is 297 g/mol. The zero-order chi connectivity index (χ0) is 15.7. The predicted molar refractivity (Wildman–Crippen MR) is 91.6 cm³/mol. The minimum Gasteiger partial charge on any atom is -0.350 e. The summed E-state index contributed by atoms with van der Waals surface area (Å²) in [4.78, 5) is 12.1. The van der Waals surface area contributed by atoms with Gasteiger partial charge in [-0.2, -0.15) is 0 Å². The lowest BCUT2D eigenvalue weighted by molar-refractivity contribution is -0.117. The lowest BCUT2D eigenvalue weighted by Gasteiger charge is -2.22. The Kier molecular flexibility index (Phi) is 4.12. The fourth-order valence-electron chi connectivity index (χ4n) is 3.92. The van der Waals surface area contributed by atoms with E-state index in [4.69, 9.17) is 0 Å². The van der Waals surface area contributed by atoms with Crippen molar-refractivity contribution in [2.45, 2.75) is 57.9 Å².